The summed E-state index contributed by atoms with van der Waals surface area (Å²) in [5, 5.41) is 29.4. The molecule has 11 heterocycles. The Balaban J connectivity index is 0.000000143. The van der Waals surface area contributed by atoms with Gasteiger partial charge in [-0.3, -0.25) is 14.7 Å². The maximum Gasteiger partial charge on any atom is 0.227 e. The number of nitrogens with two attached hydrogens (primary N) is 1. The molecule has 30 nitrogen and oxygen atoms in total. The summed E-state index contributed by atoms with van der Waals surface area (Å²) in [6, 6.07) is 43.2. The number of methoxy groups -OCH3 is 8. The van der Waals surface area contributed by atoms with Gasteiger partial charge in [0.2, 0.25) is 28.0 Å². The first-order valence-corrected chi connectivity index (χ1v) is 41.0. The van der Waals surface area contributed by atoms with E-state index in [1.165, 1.54) is 23.1 Å². The van der Waals surface area contributed by atoms with E-state index in [1.807, 2.05) is 87.6 Å². The van der Waals surface area contributed by atoms with Crippen LogP contribution in [0.3, 0.4) is 0 Å². The second kappa shape index (κ2) is 42.1. The van der Waals surface area contributed by atoms with E-state index in [4.69, 9.17) is 93.5 Å². The van der Waals surface area contributed by atoms with Crippen molar-refractivity contribution in [3.8, 4) is 63.1 Å². The number of aromatic nitrogens is 12. The van der Waals surface area contributed by atoms with E-state index in [2.05, 4.69) is 143 Å². The summed E-state index contributed by atoms with van der Waals surface area (Å²) in [5.41, 5.74) is 19.1. The lowest BCUT2D eigenvalue weighted by atomic mass is 10.0. The molecule has 2 saturated heterocycles. The number of hydrogen-bond donors (Lipinski definition) is 6. The highest BCUT2D eigenvalue weighted by molar-refractivity contribution is 6.32. The Morgan fingerprint density at radius 1 is 0.455 bits per heavy atom. The predicted molar refractivity (Wildman–Crippen MR) is 468 cm³/mol. The van der Waals surface area contributed by atoms with Crippen LogP contribution in [0.15, 0.2) is 165 Å². The van der Waals surface area contributed by atoms with Crippen molar-refractivity contribution in [2.24, 2.45) is 0 Å². The average molecular weight is 1710 g/mol. The van der Waals surface area contributed by atoms with Crippen molar-refractivity contribution in [3.05, 3.63) is 237 Å². The van der Waals surface area contributed by atoms with Gasteiger partial charge in [-0.2, -0.15) is 4.98 Å². The molecule has 121 heavy (non-hydrogen) atoms. The molecule has 6 aromatic carbocycles. The van der Waals surface area contributed by atoms with Crippen LogP contribution in [-0.4, -0.2) is 198 Å². The number of hydrogen-bond acceptors (Lipinski definition) is 27. The number of anilines is 6. The minimum absolute atomic E-state index is 0.0355. The maximum absolute atomic E-state index is 9.98. The molecule has 0 amide bonds. The van der Waals surface area contributed by atoms with Crippen LogP contribution in [0.1, 0.15) is 81.7 Å². The maximum atomic E-state index is 9.98. The fourth-order valence-electron chi connectivity index (χ4n) is 15.3. The number of nitrogen functional groups attached to an aromatic ring is 1. The highest BCUT2D eigenvalue weighted by Crippen LogP contribution is 2.42. The van der Waals surface area contributed by atoms with E-state index in [1.54, 1.807) is 82.1 Å². The topological polar surface area (TPSA) is 320 Å². The summed E-state index contributed by atoms with van der Waals surface area (Å²) < 4.78 is 49.1. The third-order valence-corrected chi connectivity index (χ3v) is 22.0. The van der Waals surface area contributed by atoms with E-state index in [0.29, 0.717) is 87.3 Å². The van der Waals surface area contributed by atoms with Gasteiger partial charge < -0.3 is 88.4 Å². The van der Waals surface area contributed by atoms with Gasteiger partial charge in [-0.1, -0.05) is 103 Å². The zero-order valence-corrected chi connectivity index (χ0v) is 71.7. The minimum Gasteiger partial charge on any atom is -0.493 e. The molecule has 0 saturated carbocycles. The van der Waals surface area contributed by atoms with Crippen molar-refractivity contribution in [3.63, 3.8) is 0 Å². The van der Waals surface area contributed by atoms with E-state index < -0.39 is 0 Å². The molecule has 0 spiro atoms. The monoisotopic (exact) mass is 1700 g/mol. The van der Waals surface area contributed by atoms with Gasteiger partial charge in [-0.25, -0.2) is 39.9 Å². The molecule has 7 N–H and O–H groups in total. The number of nitrogens with one attached hydrogen (secondary N) is 3. The van der Waals surface area contributed by atoms with Crippen LogP contribution in [0.5, 0.6) is 46.0 Å². The summed E-state index contributed by atoms with van der Waals surface area (Å²) in [5.74, 6) is 8.57. The molecule has 0 radical (unpaired) electrons. The van der Waals surface area contributed by atoms with E-state index in [0.717, 1.165) is 178 Å². The number of rotatable bonds is 24. The largest absolute Gasteiger partial charge is 0.493 e. The molecule has 2 fully saturated rings. The fourth-order valence-corrected chi connectivity index (χ4v) is 15.9. The molecule has 12 aromatic rings. The van der Waals surface area contributed by atoms with Crippen LogP contribution in [-0.2, 0) is 58.5 Å². The Labute approximate surface area is 719 Å². The number of aliphatic hydroxyl groups is 2. The zero-order valence-electron chi connectivity index (χ0n) is 69.4. The number of imidazole rings is 3. The molecule has 5 aliphatic rings. The minimum atomic E-state index is 0.0355. The molecule has 5 aliphatic heterocycles. The van der Waals surface area contributed by atoms with Crippen LogP contribution in [0.2, 0.25) is 15.7 Å². The number of halogens is 3. The van der Waals surface area contributed by atoms with Crippen LogP contribution >= 0.6 is 34.8 Å². The molecule has 33 heteroatoms. The molecular weight excluding hydrogens is 1600 g/mol. The van der Waals surface area contributed by atoms with Crippen molar-refractivity contribution < 1.29 is 48.1 Å². The first-order chi connectivity index (χ1) is 59.0. The molecule has 17 rings (SSSR count). The quantitative estimate of drug-likeness (QED) is 0.0242. The van der Waals surface area contributed by atoms with Gasteiger partial charge in [0.15, 0.2) is 34.5 Å². The van der Waals surface area contributed by atoms with Crippen LogP contribution in [0.25, 0.3) is 17.1 Å². The lowest BCUT2D eigenvalue weighted by Crippen LogP contribution is -2.36. The summed E-state index contributed by atoms with van der Waals surface area (Å²) in [6.45, 7) is 11.9. The first-order valence-electron chi connectivity index (χ1n) is 39.9. The van der Waals surface area contributed by atoms with Crippen LogP contribution in [0.4, 0.5) is 35.0 Å². The number of fused-ring (bicyclic) bond motifs is 3. The number of benzene rings is 6. The number of nitrogens with zero attached hydrogens (tertiary/aromatic N) is 16. The molecule has 0 unspecified atom stereocenters. The Hall–Kier alpha value is -11.6. The van der Waals surface area contributed by atoms with Crippen molar-refractivity contribution >= 4 is 69.8 Å². The summed E-state index contributed by atoms with van der Waals surface area (Å²) in [6.07, 6.45) is 17.5. The van der Waals surface area contributed by atoms with Gasteiger partial charge in [-0.05, 0) is 90.7 Å². The molecule has 2 atom stereocenters. The molecule has 6 aromatic heterocycles. The van der Waals surface area contributed by atoms with Gasteiger partial charge in [0, 0.05) is 138 Å². The van der Waals surface area contributed by atoms with Crippen molar-refractivity contribution in [1.82, 2.24) is 78.6 Å². The summed E-state index contributed by atoms with van der Waals surface area (Å²) >= 11 is 18.3. The fraction of sp³-hybridized carbons (Fsp3) is 0.352. The number of ether oxygens (including phenoxy) is 8. The third kappa shape index (κ3) is 22.2. The van der Waals surface area contributed by atoms with Gasteiger partial charge >= 0.3 is 0 Å². The van der Waals surface area contributed by atoms with E-state index in [-0.39, 0.29) is 23.2 Å². The standard InChI is InChI=1S/C31H37N7O4.C26H27ClN6O3.C14H13Cl2N3.C12H15N3O2.C5H11NO/c1-40-26-14-23(15-27(41-2)29(26)42-3)37-18-28(32-20-37)34-30-24-17-36(16-21-8-5-4-6-9-21)13-11-25(24)33-31(35-30)38-12-7-10-22(38)19-39;1-34-21-11-18(12-22(35-2)24(21)36-3)33-15-23(28-16-33)30-25-19-14-32(13-17-7-5-4-6-8-17)10-9-20(19)29-26(27)31-25;15-13-11-9-19(8-10-4-2-1-3-5-10)7-6-12(11)17-14(16)18-13;1-8-4-9(15-6-11(13)14-7-15)5-10(16-2)12(8)17-3;7-4-5-2-1-3-6-5/h4-6,8-9,14-15,18,20,22,39H,7,10-13,16-17,19H2,1-3H3,(H,33,34,35);4-8,11-12,15-16H,9-10,13-14H2,1-3H3,(H,29,30,31);1-5H,6-9H2;4-7H,13H2,1-3H3;5-7H,1-4H2/t22-;;;;5-/m0...0/s1. The van der Waals surface area contributed by atoms with Crippen molar-refractivity contribution in [1.29, 1.82) is 0 Å². The predicted octanol–water partition coefficient (Wildman–Crippen LogP) is 13.4. The number of aryl methyl sites for hydroxylation is 1. The first kappa shape index (κ1) is 87.2. The van der Waals surface area contributed by atoms with Crippen molar-refractivity contribution in [2.45, 2.75) is 103 Å². The lowest BCUT2D eigenvalue weighted by molar-refractivity contribution is 0.243. The lowest BCUT2D eigenvalue weighted by Gasteiger charge is -2.31. The average Bonchev–Trinajstić information content (AvgIpc) is 1.42. The molecule has 0 bridgehead atoms. The highest BCUT2D eigenvalue weighted by Gasteiger charge is 2.32. The summed E-state index contributed by atoms with van der Waals surface area (Å²) in [4.78, 5) is 49.8. The van der Waals surface area contributed by atoms with Crippen molar-refractivity contribution in [2.75, 3.05) is 124 Å². The van der Waals surface area contributed by atoms with E-state index in [9.17, 15) is 5.11 Å². The number of aliphatic hydroxyl groups excluding tert-OH is 2. The molecule has 636 valence electrons. The second-order valence-electron chi connectivity index (χ2n) is 29.3. The van der Waals surface area contributed by atoms with Gasteiger partial charge in [-0.15, -0.1) is 0 Å². The normalized spacial score (nSPS) is 15.4. The Kier molecular flexibility index (Phi) is 30.3. The third-order valence-electron chi connectivity index (χ3n) is 21.4. The Bertz CT molecular complexity index is 5350. The highest BCUT2D eigenvalue weighted by atomic mass is 35.5. The Morgan fingerprint density at radius 3 is 1.30 bits per heavy atom. The van der Waals surface area contributed by atoms with E-state index >= 15 is 0 Å². The zero-order chi connectivity index (χ0) is 84.9. The van der Waals surface area contributed by atoms with Crippen LogP contribution in [0, 0.1) is 6.92 Å². The Morgan fingerprint density at radius 2 is 0.876 bits per heavy atom. The van der Waals surface area contributed by atoms with Crippen LogP contribution < -0.4 is 64.5 Å². The second-order valence-corrected chi connectivity index (χ2v) is 30.3. The summed E-state index contributed by atoms with van der Waals surface area (Å²) in [7, 11) is 12.8. The molecule has 0 aliphatic carbocycles. The van der Waals surface area contributed by atoms with Gasteiger partial charge in [0.1, 0.15) is 53.2 Å². The molecular formula is C88H103Cl3N20O10. The SMILES string of the molecule is COc1cc(-n2cnc(N)c2)cc(C)c1OC.COc1cc(-n2cnc(Nc3nc(Cl)nc4c3CN(Cc3ccccc3)CC4)c2)cc(OC)c1OC.COc1cc(-n2cnc(Nc3nc(N4CCC[C@H]4CO)nc4c3CN(Cc3ccccc3)CC4)c2)cc(OC)c1OC.Clc1nc(Cl)c2c(n1)CCN(Cc1ccccc1)C2.OC[C@@H]1CCCN1. The smallest absolute Gasteiger partial charge is 0.227 e. The van der Waals surface area contributed by atoms with Gasteiger partial charge in [0.05, 0.1) is 129 Å². The van der Waals surface area contributed by atoms with Gasteiger partial charge in [0.25, 0.3) is 0 Å².